The van der Waals surface area contributed by atoms with E-state index >= 15 is 0 Å². The first-order chi connectivity index (χ1) is 10.0. The largest absolute Gasteiger partial charge is 0.490 e. The second-order valence-electron chi connectivity index (χ2n) is 6.56. The SMILES string of the molecule is CCCNC(CC(C)(C)OC)c1cccc(OC2CC2)c1. The van der Waals surface area contributed by atoms with Crippen LogP contribution in [0.5, 0.6) is 5.75 Å². The standard InChI is InChI=1S/C18H29NO2/c1-5-11-19-17(13-18(2,3)20-4)14-7-6-8-16(12-14)21-15-9-10-15/h6-8,12,15,17,19H,5,9-11,13H2,1-4H3. The summed E-state index contributed by atoms with van der Waals surface area (Å²) < 4.78 is 11.5. The van der Waals surface area contributed by atoms with E-state index in [2.05, 4.69) is 50.4 Å². The van der Waals surface area contributed by atoms with Gasteiger partial charge >= 0.3 is 0 Å². The van der Waals surface area contributed by atoms with Gasteiger partial charge in [-0.3, -0.25) is 0 Å². The lowest BCUT2D eigenvalue weighted by atomic mass is 9.93. The lowest BCUT2D eigenvalue weighted by molar-refractivity contribution is 0.00682. The van der Waals surface area contributed by atoms with Crippen LogP contribution in [0.2, 0.25) is 0 Å². The number of methoxy groups -OCH3 is 1. The molecule has 0 radical (unpaired) electrons. The van der Waals surface area contributed by atoms with E-state index in [-0.39, 0.29) is 5.60 Å². The minimum Gasteiger partial charge on any atom is -0.490 e. The number of ether oxygens (including phenoxy) is 2. The average molecular weight is 291 g/mol. The molecule has 0 spiro atoms. The van der Waals surface area contributed by atoms with Gasteiger partial charge in [-0.25, -0.2) is 0 Å². The van der Waals surface area contributed by atoms with Crippen molar-refractivity contribution < 1.29 is 9.47 Å². The van der Waals surface area contributed by atoms with E-state index in [1.807, 2.05) is 0 Å². The number of benzene rings is 1. The summed E-state index contributed by atoms with van der Waals surface area (Å²) in [6.07, 6.45) is 4.90. The van der Waals surface area contributed by atoms with Crippen LogP contribution in [-0.4, -0.2) is 25.4 Å². The fourth-order valence-electron chi connectivity index (χ4n) is 2.38. The van der Waals surface area contributed by atoms with Crippen LogP contribution in [-0.2, 0) is 4.74 Å². The van der Waals surface area contributed by atoms with Crippen molar-refractivity contribution in [2.45, 2.75) is 64.2 Å². The molecule has 1 N–H and O–H groups in total. The second kappa shape index (κ2) is 7.28. The molecular weight excluding hydrogens is 262 g/mol. The second-order valence-corrected chi connectivity index (χ2v) is 6.56. The molecule has 2 rings (SSSR count). The van der Waals surface area contributed by atoms with E-state index in [4.69, 9.17) is 9.47 Å². The minimum absolute atomic E-state index is 0.140. The molecule has 1 aromatic rings. The van der Waals surface area contributed by atoms with Gasteiger partial charge in [0.15, 0.2) is 0 Å². The number of hydrogen-bond acceptors (Lipinski definition) is 3. The first kappa shape index (κ1) is 16.3. The van der Waals surface area contributed by atoms with Crippen LogP contribution in [0, 0.1) is 0 Å². The maximum atomic E-state index is 5.92. The Hall–Kier alpha value is -1.06. The summed E-state index contributed by atoms with van der Waals surface area (Å²) in [4.78, 5) is 0. The molecule has 1 aromatic carbocycles. The third kappa shape index (κ3) is 5.33. The summed E-state index contributed by atoms with van der Waals surface area (Å²) in [5, 5.41) is 3.64. The Balaban J connectivity index is 2.10. The van der Waals surface area contributed by atoms with Crippen molar-refractivity contribution >= 4 is 0 Å². The highest BCUT2D eigenvalue weighted by Gasteiger charge is 2.26. The van der Waals surface area contributed by atoms with Crippen molar-refractivity contribution in [1.29, 1.82) is 0 Å². The van der Waals surface area contributed by atoms with Gasteiger partial charge in [0.25, 0.3) is 0 Å². The predicted molar refractivity (Wildman–Crippen MR) is 86.8 cm³/mol. The molecule has 0 bridgehead atoms. The molecule has 0 aliphatic heterocycles. The van der Waals surface area contributed by atoms with E-state index in [1.54, 1.807) is 7.11 Å². The van der Waals surface area contributed by atoms with Crippen molar-refractivity contribution in [3.05, 3.63) is 29.8 Å². The highest BCUT2D eigenvalue weighted by atomic mass is 16.5. The average Bonchev–Trinajstić information content (AvgIpc) is 3.27. The molecule has 0 saturated heterocycles. The Morgan fingerprint density at radius 1 is 1.33 bits per heavy atom. The van der Waals surface area contributed by atoms with Gasteiger partial charge in [-0.1, -0.05) is 19.1 Å². The molecular formula is C18H29NO2. The van der Waals surface area contributed by atoms with Crippen molar-refractivity contribution in [3.8, 4) is 5.75 Å². The molecule has 1 fully saturated rings. The molecule has 3 heteroatoms. The van der Waals surface area contributed by atoms with Gasteiger partial charge in [-0.2, -0.15) is 0 Å². The predicted octanol–water partition coefficient (Wildman–Crippen LogP) is 4.08. The molecule has 118 valence electrons. The molecule has 1 unspecified atom stereocenters. The van der Waals surface area contributed by atoms with Crippen LogP contribution in [0.15, 0.2) is 24.3 Å². The summed E-state index contributed by atoms with van der Waals surface area (Å²) >= 11 is 0. The van der Waals surface area contributed by atoms with Crippen LogP contribution in [0.1, 0.15) is 58.1 Å². The van der Waals surface area contributed by atoms with Crippen LogP contribution in [0.3, 0.4) is 0 Å². The number of nitrogens with one attached hydrogen (secondary N) is 1. The van der Waals surface area contributed by atoms with Gasteiger partial charge in [0, 0.05) is 13.2 Å². The third-order valence-corrected chi connectivity index (χ3v) is 3.98. The van der Waals surface area contributed by atoms with E-state index in [0.717, 1.165) is 25.1 Å². The topological polar surface area (TPSA) is 30.5 Å². The molecule has 0 heterocycles. The highest BCUT2D eigenvalue weighted by Crippen LogP contribution is 2.31. The minimum atomic E-state index is -0.140. The summed E-state index contributed by atoms with van der Waals surface area (Å²) in [5.41, 5.74) is 1.14. The lowest BCUT2D eigenvalue weighted by Gasteiger charge is -2.29. The van der Waals surface area contributed by atoms with Crippen LogP contribution in [0.4, 0.5) is 0 Å². The van der Waals surface area contributed by atoms with Crippen LogP contribution < -0.4 is 10.1 Å². The Kier molecular flexibility index (Phi) is 5.65. The molecule has 1 aliphatic rings. The molecule has 1 saturated carbocycles. The Morgan fingerprint density at radius 2 is 2.10 bits per heavy atom. The van der Waals surface area contributed by atoms with E-state index in [0.29, 0.717) is 12.1 Å². The fourth-order valence-corrected chi connectivity index (χ4v) is 2.38. The van der Waals surface area contributed by atoms with E-state index in [1.165, 1.54) is 18.4 Å². The smallest absolute Gasteiger partial charge is 0.120 e. The molecule has 1 aliphatic carbocycles. The lowest BCUT2D eigenvalue weighted by Crippen LogP contribution is -2.32. The summed E-state index contributed by atoms with van der Waals surface area (Å²) in [6.45, 7) is 7.48. The maximum absolute atomic E-state index is 5.92. The van der Waals surface area contributed by atoms with Gasteiger partial charge in [0.1, 0.15) is 5.75 Å². The zero-order valence-electron chi connectivity index (χ0n) is 13.8. The van der Waals surface area contributed by atoms with Crippen LogP contribution in [0.25, 0.3) is 0 Å². The Morgan fingerprint density at radius 3 is 2.71 bits per heavy atom. The quantitative estimate of drug-likeness (QED) is 0.743. The first-order valence-electron chi connectivity index (χ1n) is 8.09. The zero-order valence-corrected chi connectivity index (χ0v) is 13.8. The zero-order chi connectivity index (χ0) is 15.3. The van der Waals surface area contributed by atoms with Crippen LogP contribution >= 0.6 is 0 Å². The van der Waals surface area contributed by atoms with Crippen molar-refractivity contribution in [2.75, 3.05) is 13.7 Å². The van der Waals surface area contributed by atoms with Crippen molar-refractivity contribution in [1.82, 2.24) is 5.32 Å². The normalized spacial score (nSPS) is 16.8. The number of hydrogen-bond donors (Lipinski definition) is 1. The first-order valence-corrected chi connectivity index (χ1v) is 8.09. The van der Waals surface area contributed by atoms with Crippen molar-refractivity contribution in [3.63, 3.8) is 0 Å². The molecule has 0 amide bonds. The van der Waals surface area contributed by atoms with E-state index in [9.17, 15) is 0 Å². The number of rotatable bonds is 9. The molecule has 1 atom stereocenters. The Labute approximate surface area is 129 Å². The monoisotopic (exact) mass is 291 g/mol. The van der Waals surface area contributed by atoms with E-state index < -0.39 is 0 Å². The molecule has 3 nitrogen and oxygen atoms in total. The maximum Gasteiger partial charge on any atom is 0.120 e. The molecule has 21 heavy (non-hydrogen) atoms. The Bertz CT molecular complexity index is 441. The van der Waals surface area contributed by atoms with Gasteiger partial charge in [-0.05, 0) is 63.8 Å². The summed E-state index contributed by atoms with van der Waals surface area (Å²) in [7, 11) is 1.78. The van der Waals surface area contributed by atoms with Crippen molar-refractivity contribution in [2.24, 2.45) is 0 Å². The highest BCUT2D eigenvalue weighted by molar-refractivity contribution is 5.31. The van der Waals surface area contributed by atoms with Gasteiger partial charge < -0.3 is 14.8 Å². The van der Waals surface area contributed by atoms with Gasteiger partial charge in [-0.15, -0.1) is 0 Å². The fraction of sp³-hybridized carbons (Fsp3) is 0.667. The van der Waals surface area contributed by atoms with Gasteiger partial charge in [0.05, 0.1) is 11.7 Å². The van der Waals surface area contributed by atoms with Gasteiger partial charge in [0.2, 0.25) is 0 Å². The summed E-state index contributed by atoms with van der Waals surface area (Å²) in [5.74, 6) is 0.994. The summed E-state index contributed by atoms with van der Waals surface area (Å²) in [6, 6.07) is 8.80. The third-order valence-electron chi connectivity index (χ3n) is 3.98. The molecule has 0 aromatic heterocycles.